The lowest BCUT2D eigenvalue weighted by molar-refractivity contribution is 0.124. The summed E-state index contributed by atoms with van der Waals surface area (Å²) in [7, 11) is -7.21. The van der Waals surface area contributed by atoms with Crippen molar-refractivity contribution in [3.05, 3.63) is 35.9 Å². The molecule has 0 aliphatic heterocycles. The zero-order chi connectivity index (χ0) is 16.8. The molecule has 0 spiro atoms. The minimum Gasteiger partial charge on any atom is -0.267 e. The third-order valence-electron chi connectivity index (χ3n) is 2.84. The molecule has 1 aromatic carbocycles. The molecule has 0 aliphatic rings. The number of aryl methyl sites for hydroxylation is 1. The van der Waals surface area contributed by atoms with Gasteiger partial charge in [0, 0.05) is 6.42 Å². The Kier molecular flexibility index (Phi) is 6.98. The minimum atomic E-state index is -3.62. The van der Waals surface area contributed by atoms with Crippen LogP contribution in [-0.2, 0) is 35.0 Å². The topological polar surface area (TPSA) is 86.7 Å². The maximum atomic E-state index is 11.3. The summed E-state index contributed by atoms with van der Waals surface area (Å²) in [5.41, 5.74) is 1.06. The summed E-state index contributed by atoms with van der Waals surface area (Å²) < 4.78 is 54.8. The van der Waals surface area contributed by atoms with Gasteiger partial charge >= 0.3 is 0 Å². The Hall–Kier alpha value is -0.960. The van der Waals surface area contributed by atoms with E-state index in [-0.39, 0.29) is 6.42 Å². The summed E-state index contributed by atoms with van der Waals surface area (Å²) in [6.07, 6.45) is 1.91. The second-order valence-corrected chi connectivity index (χ2v) is 8.49. The van der Waals surface area contributed by atoms with Crippen LogP contribution in [0.15, 0.2) is 30.3 Å². The van der Waals surface area contributed by atoms with Crippen molar-refractivity contribution in [2.45, 2.75) is 38.4 Å². The Morgan fingerprint density at radius 1 is 0.955 bits per heavy atom. The van der Waals surface area contributed by atoms with Gasteiger partial charge in [-0.15, -0.1) is 0 Å². The van der Waals surface area contributed by atoms with E-state index in [1.165, 1.54) is 0 Å². The molecular weight excluding hydrogens is 328 g/mol. The van der Waals surface area contributed by atoms with E-state index in [1.54, 1.807) is 6.92 Å². The lowest BCUT2D eigenvalue weighted by Crippen LogP contribution is -2.25. The number of hydrogen-bond acceptors (Lipinski definition) is 6. The number of rotatable bonds is 9. The Bertz CT molecular complexity index is 652. The largest absolute Gasteiger partial charge is 0.267 e. The van der Waals surface area contributed by atoms with Crippen molar-refractivity contribution in [2.24, 2.45) is 0 Å². The number of hydrogen-bond donors (Lipinski definition) is 0. The smallest absolute Gasteiger partial charge is 0.264 e. The molecule has 0 amide bonds. The summed E-state index contributed by atoms with van der Waals surface area (Å²) in [6.45, 7) is 1.57. The van der Waals surface area contributed by atoms with Gasteiger partial charge in [0.15, 0.2) is 0 Å². The molecule has 0 aromatic heterocycles. The van der Waals surface area contributed by atoms with Crippen molar-refractivity contribution in [2.75, 3.05) is 12.5 Å². The maximum absolute atomic E-state index is 11.3. The van der Waals surface area contributed by atoms with Crippen LogP contribution in [0.4, 0.5) is 0 Å². The van der Waals surface area contributed by atoms with Crippen molar-refractivity contribution in [1.82, 2.24) is 0 Å². The first kappa shape index (κ1) is 19.1. The first-order chi connectivity index (χ1) is 10.1. The van der Waals surface area contributed by atoms with E-state index in [0.717, 1.165) is 18.1 Å². The molecule has 0 bridgehead atoms. The van der Waals surface area contributed by atoms with Gasteiger partial charge in [-0.05, 0) is 25.3 Å². The third kappa shape index (κ3) is 9.14. The fourth-order valence-electron chi connectivity index (χ4n) is 2.13. The average Bonchev–Trinajstić information content (AvgIpc) is 2.33. The average molecular weight is 350 g/mol. The Morgan fingerprint density at radius 2 is 1.50 bits per heavy atom. The SMILES string of the molecule is CC(CC(CCc1ccccc1)OS(C)(=O)=O)OS(C)(=O)=O. The van der Waals surface area contributed by atoms with Crippen LogP contribution < -0.4 is 0 Å². The first-order valence-corrected chi connectivity index (χ1v) is 10.5. The van der Waals surface area contributed by atoms with Gasteiger partial charge in [-0.2, -0.15) is 16.8 Å². The highest BCUT2D eigenvalue weighted by atomic mass is 32.2. The lowest BCUT2D eigenvalue weighted by Gasteiger charge is -2.20. The summed E-state index contributed by atoms with van der Waals surface area (Å²) in [6, 6.07) is 9.58. The maximum Gasteiger partial charge on any atom is 0.264 e. The molecule has 0 fully saturated rings. The van der Waals surface area contributed by atoms with Crippen molar-refractivity contribution in [3.63, 3.8) is 0 Å². The molecular formula is C14H22O6S2. The van der Waals surface area contributed by atoms with Crippen LogP contribution in [0.5, 0.6) is 0 Å². The second-order valence-electron chi connectivity index (χ2n) is 5.29. The third-order valence-corrected chi connectivity index (χ3v) is 4.14. The van der Waals surface area contributed by atoms with Gasteiger partial charge in [-0.3, -0.25) is 8.37 Å². The second kappa shape index (κ2) is 8.05. The van der Waals surface area contributed by atoms with Crippen molar-refractivity contribution >= 4 is 20.2 Å². The zero-order valence-corrected chi connectivity index (χ0v) is 14.6. The Balaban J connectivity index is 2.67. The van der Waals surface area contributed by atoms with Gasteiger partial charge in [-0.25, -0.2) is 0 Å². The van der Waals surface area contributed by atoms with E-state index < -0.39 is 32.4 Å². The molecule has 0 heterocycles. The molecule has 8 heteroatoms. The fourth-order valence-corrected chi connectivity index (χ4v) is 3.48. The van der Waals surface area contributed by atoms with E-state index in [4.69, 9.17) is 8.37 Å². The van der Waals surface area contributed by atoms with Crippen molar-refractivity contribution in [1.29, 1.82) is 0 Å². The van der Waals surface area contributed by atoms with E-state index in [2.05, 4.69) is 0 Å². The summed E-state index contributed by atoms with van der Waals surface area (Å²) >= 11 is 0. The normalized spacial score (nSPS) is 15.4. The fraction of sp³-hybridized carbons (Fsp3) is 0.571. The minimum absolute atomic E-state index is 0.174. The van der Waals surface area contributed by atoms with Gasteiger partial charge in [0.05, 0.1) is 24.7 Å². The molecule has 2 atom stereocenters. The van der Waals surface area contributed by atoms with E-state index >= 15 is 0 Å². The molecule has 0 radical (unpaired) electrons. The quantitative estimate of drug-likeness (QED) is 0.630. The summed E-state index contributed by atoms with van der Waals surface area (Å²) in [5.74, 6) is 0. The van der Waals surface area contributed by atoms with Gasteiger partial charge < -0.3 is 0 Å². The predicted molar refractivity (Wildman–Crippen MR) is 84.5 cm³/mol. The molecule has 1 rings (SSSR count). The zero-order valence-electron chi connectivity index (χ0n) is 12.9. The highest BCUT2D eigenvalue weighted by molar-refractivity contribution is 7.86. The molecule has 0 aliphatic carbocycles. The molecule has 0 saturated heterocycles. The van der Waals surface area contributed by atoms with E-state index in [9.17, 15) is 16.8 Å². The monoisotopic (exact) mass is 350 g/mol. The van der Waals surface area contributed by atoms with Gasteiger partial charge in [0.25, 0.3) is 20.2 Å². The lowest BCUT2D eigenvalue weighted by atomic mass is 10.0. The first-order valence-electron chi connectivity index (χ1n) is 6.85. The van der Waals surface area contributed by atoms with Crippen LogP contribution in [-0.4, -0.2) is 41.6 Å². The van der Waals surface area contributed by atoms with Crippen LogP contribution >= 0.6 is 0 Å². The van der Waals surface area contributed by atoms with Crippen LogP contribution in [0.2, 0.25) is 0 Å². The highest BCUT2D eigenvalue weighted by Crippen LogP contribution is 2.16. The predicted octanol–water partition coefficient (Wildman–Crippen LogP) is 1.72. The number of benzene rings is 1. The Morgan fingerprint density at radius 3 is 2.00 bits per heavy atom. The molecule has 0 N–H and O–H groups in total. The highest BCUT2D eigenvalue weighted by Gasteiger charge is 2.21. The standard InChI is InChI=1S/C14H22O6S2/c1-12(19-21(2,15)16)11-14(20-22(3,17)18)10-9-13-7-5-4-6-8-13/h4-8,12,14H,9-11H2,1-3H3. The van der Waals surface area contributed by atoms with Crippen molar-refractivity contribution in [3.8, 4) is 0 Å². The van der Waals surface area contributed by atoms with Crippen LogP contribution in [0.25, 0.3) is 0 Å². The molecule has 0 saturated carbocycles. The van der Waals surface area contributed by atoms with Crippen molar-refractivity contribution < 1.29 is 25.2 Å². The molecule has 1 aromatic rings. The van der Waals surface area contributed by atoms with Crippen LogP contribution in [0.1, 0.15) is 25.3 Å². The molecule has 6 nitrogen and oxygen atoms in total. The van der Waals surface area contributed by atoms with Gasteiger partial charge in [0.2, 0.25) is 0 Å². The molecule has 126 valence electrons. The molecule has 2 unspecified atom stereocenters. The van der Waals surface area contributed by atoms with Gasteiger partial charge in [-0.1, -0.05) is 30.3 Å². The summed E-state index contributed by atoms with van der Waals surface area (Å²) in [5, 5.41) is 0. The van der Waals surface area contributed by atoms with E-state index in [0.29, 0.717) is 12.8 Å². The molecule has 22 heavy (non-hydrogen) atoms. The summed E-state index contributed by atoms with van der Waals surface area (Å²) in [4.78, 5) is 0. The van der Waals surface area contributed by atoms with E-state index in [1.807, 2.05) is 30.3 Å². The Labute approximate surface area is 132 Å². The van der Waals surface area contributed by atoms with Crippen LogP contribution in [0.3, 0.4) is 0 Å². The van der Waals surface area contributed by atoms with Gasteiger partial charge in [0.1, 0.15) is 0 Å². The van der Waals surface area contributed by atoms with Crippen LogP contribution in [0, 0.1) is 0 Å².